The third-order valence-electron chi connectivity index (χ3n) is 1.69. The Kier molecular flexibility index (Phi) is 3.46. The van der Waals surface area contributed by atoms with Gasteiger partial charge in [0.2, 0.25) is 0 Å². The second-order valence-corrected chi connectivity index (χ2v) is 3.91. The van der Waals surface area contributed by atoms with E-state index in [0.717, 1.165) is 16.6 Å². The second kappa shape index (κ2) is 4.17. The minimum Gasteiger partial charge on any atom is -0.179 e. The molecule has 1 aromatic rings. The summed E-state index contributed by atoms with van der Waals surface area (Å²) in [4.78, 5) is 0. The zero-order chi connectivity index (χ0) is 8.27. The van der Waals surface area contributed by atoms with Crippen molar-refractivity contribution >= 4 is 28.6 Å². The van der Waals surface area contributed by atoms with Crippen molar-refractivity contribution in [2.24, 2.45) is 0 Å². The summed E-state index contributed by atoms with van der Waals surface area (Å²) in [5.74, 6) is 0.914. The molecule has 60 valence electrons. The van der Waals surface area contributed by atoms with Gasteiger partial charge in [0.25, 0.3) is 0 Å². The van der Waals surface area contributed by atoms with Crippen LogP contribution in [0.4, 0.5) is 0 Å². The Bertz CT molecular complexity index is 245. The summed E-state index contributed by atoms with van der Waals surface area (Å²) in [6, 6.07) is 6.35. The van der Waals surface area contributed by atoms with Gasteiger partial charge >= 0.3 is 0 Å². The second-order valence-electron chi connectivity index (χ2n) is 2.54. The Morgan fingerprint density at radius 3 is 2.82 bits per heavy atom. The highest BCUT2D eigenvalue weighted by molar-refractivity contribution is 9.10. The van der Waals surface area contributed by atoms with Crippen molar-refractivity contribution in [1.29, 1.82) is 0 Å². The Morgan fingerprint density at radius 1 is 1.45 bits per heavy atom. The van der Waals surface area contributed by atoms with Gasteiger partial charge in [-0.3, -0.25) is 0 Å². The van der Waals surface area contributed by atoms with Crippen LogP contribution < -0.4 is 0 Å². The first-order valence-electron chi connectivity index (χ1n) is 3.60. The molecule has 0 aromatic heterocycles. The molecule has 1 rings (SSSR count). The molecule has 0 spiro atoms. The summed E-state index contributed by atoms with van der Waals surface area (Å²) in [5, 5.41) is 0. The molecule has 0 aliphatic rings. The van der Waals surface area contributed by atoms with E-state index in [4.69, 9.17) is 0 Å². The van der Waals surface area contributed by atoms with Gasteiger partial charge in [0.05, 0.1) is 0 Å². The highest BCUT2D eigenvalue weighted by atomic mass is 79.9. The third kappa shape index (κ3) is 2.53. The molecule has 1 aromatic carbocycles. The molecule has 0 nitrogen and oxygen atoms in total. The normalized spacial score (nSPS) is 10.1. The summed E-state index contributed by atoms with van der Waals surface area (Å²) in [6.07, 6.45) is 1.05. The molecule has 0 unspecified atom stereocenters. The van der Waals surface area contributed by atoms with Crippen molar-refractivity contribution in [3.8, 4) is 0 Å². The smallest absolute Gasteiger partial charge is 0.0178 e. The molecule has 2 heteroatoms. The molecule has 0 fully saturated rings. The Hall–Kier alpha value is 0.0500. The van der Waals surface area contributed by atoms with Crippen molar-refractivity contribution in [2.45, 2.75) is 13.3 Å². The summed E-state index contributed by atoms with van der Waals surface area (Å²) >= 11 is 7.64. The van der Waals surface area contributed by atoms with Gasteiger partial charge in [-0.2, -0.15) is 12.6 Å². The van der Waals surface area contributed by atoms with E-state index in [1.165, 1.54) is 11.1 Å². The van der Waals surface area contributed by atoms with Crippen LogP contribution >= 0.6 is 28.6 Å². The average molecular weight is 231 g/mol. The summed E-state index contributed by atoms with van der Waals surface area (Å²) < 4.78 is 1.15. The molecule has 0 aliphatic heterocycles. The van der Waals surface area contributed by atoms with E-state index in [1.807, 2.05) is 0 Å². The lowest BCUT2D eigenvalue weighted by Crippen LogP contribution is -1.89. The van der Waals surface area contributed by atoms with Crippen LogP contribution in [0.2, 0.25) is 0 Å². The third-order valence-corrected chi connectivity index (χ3v) is 2.41. The van der Waals surface area contributed by atoms with Crippen LogP contribution in [0.15, 0.2) is 22.7 Å². The monoisotopic (exact) mass is 230 g/mol. The van der Waals surface area contributed by atoms with Crippen molar-refractivity contribution in [2.75, 3.05) is 5.75 Å². The van der Waals surface area contributed by atoms with Crippen molar-refractivity contribution in [1.82, 2.24) is 0 Å². The molecule has 0 radical (unpaired) electrons. The van der Waals surface area contributed by atoms with E-state index < -0.39 is 0 Å². The number of halogens is 1. The van der Waals surface area contributed by atoms with Gasteiger partial charge in [0, 0.05) is 4.47 Å². The minimum absolute atomic E-state index is 0.914. The molecule has 0 aliphatic carbocycles. The molecule has 0 amide bonds. The molecule has 0 atom stereocenters. The number of hydrogen-bond donors (Lipinski definition) is 1. The van der Waals surface area contributed by atoms with Crippen molar-refractivity contribution in [3.63, 3.8) is 0 Å². The van der Waals surface area contributed by atoms with E-state index in [-0.39, 0.29) is 0 Å². The zero-order valence-corrected chi connectivity index (χ0v) is 8.95. The van der Waals surface area contributed by atoms with E-state index in [9.17, 15) is 0 Å². The van der Waals surface area contributed by atoms with Crippen LogP contribution in [0.25, 0.3) is 0 Å². The fourth-order valence-electron chi connectivity index (χ4n) is 1.03. The fourth-order valence-corrected chi connectivity index (χ4v) is 1.68. The first-order chi connectivity index (χ1) is 5.24. The number of thiol groups is 1. The summed E-state index contributed by atoms with van der Waals surface area (Å²) in [5.41, 5.74) is 2.73. The van der Waals surface area contributed by atoms with Crippen molar-refractivity contribution < 1.29 is 0 Å². The zero-order valence-electron chi connectivity index (χ0n) is 6.47. The van der Waals surface area contributed by atoms with E-state index >= 15 is 0 Å². The maximum atomic E-state index is 4.20. The summed E-state index contributed by atoms with van der Waals surface area (Å²) in [6.45, 7) is 2.13. The van der Waals surface area contributed by atoms with E-state index in [0.29, 0.717) is 0 Å². The van der Waals surface area contributed by atoms with Gasteiger partial charge in [-0.25, -0.2) is 0 Å². The number of benzene rings is 1. The highest BCUT2D eigenvalue weighted by Gasteiger charge is 1.96. The number of aryl methyl sites for hydroxylation is 2. The van der Waals surface area contributed by atoms with Gasteiger partial charge in [0.1, 0.15) is 0 Å². The quantitative estimate of drug-likeness (QED) is 0.742. The largest absolute Gasteiger partial charge is 0.179 e. The lowest BCUT2D eigenvalue weighted by Gasteiger charge is -2.03. The predicted octanol–water partition coefficient (Wildman–Crippen LogP) is 3.23. The van der Waals surface area contributed by atoms with Gasteiger partial charge in [-0.05, 0) is 42.4 Å². The van der Waals surface area contributed by atoms with Crippen LogP contribution in [0, 0.1) is 6.92 Å². The summed E-state index contributed by atoms with van der Waals surface area (Å²) in [7, 11) is 0. The Labute approximate surface area is 81.5 Å². The molecule has 11 heavy (non-hydrogen) atoms. The molecular weight excluding hydrogens is 220 g/mol. The van der Waals surface area contributed by atoms with Gasteiger partial charge in [0.15, 0.2) is 0 Å². The first kappa shape index (κ1) is 9.14. The van der Waals surface area contributed by atoms with Gasteiger partial charge in [-0.15, -0.1) is 0 Å². The molecule has 0 saturated heterocycles. The van der Waals surface area contributed by atoms with Crippen LogP contribution in [0.3, 0.4) is 0 Å². The SMILES string of the molecule is Cc1ccc(Br)cc1CCS. The van der Waals surface area contributed by atoms with Gasteiger partial charge < -0.3 is 0 Å². The van der Waals surface area contributed by atoms with Gasteiger partial charge in [-0.1, -0.05) is 22.0 Å². The Balaban J connectivity index is 2.93. The Morgan fingerprint density at radius 2 is 2.18 bits per heavy atom. The molecular formula is C9H11BrS. The maximum Gasteiger partial charge on any atom is 0.0178 e. The van der Waals surface area contributed by atoms with Crippen LogP contribution in [0.5, 0.6) is 0 Å². The number of hydrogen-bond acceptors (Lipinski definition) is 1. The van der Waals surface area contributed by atoms with E-state index in [2.05, 4.69) is 53.7 Å². The fraction of sp³-hybridized carbons (Fsp3) is 0.333. The highest BCUT2D eigenvalue weighted by Crippen LogP contribution is 2.16. The molecule has 0 saturated carbocycles. The lowest BCUT2D eigenvalue weighted by molar-refractivity contribution is 1.12. The van der Waals surface area contributed by atoms with Crippen molar-refractivity contribution in [3.05, 3.63) is 33.8 Å². The lowest BCUT2D eigenvalue weighted by atomic mass is 10.1. The topological polar surface area (TPSA) is 0 Å². The molecule has 0 bridgehead atoms. The standard InChI is InChI=1S/C9H11BrS/c1-7-2-3-9(10)6-8(7)4-5-11/h2-3,6,11H,4-5H2,1H3. The predicted molar refractivity (Wildman–Crippen MR) is 56.4 cm³/mol. The molecule has 0 heterocycles. The first-order valence-corrected chi connectivity index (χ1v) is 5.02. The molecule has 0 N–H and O–H groups in total. The van der Waals surface area contributed by atoms with E-state index in [1.54, 1.807) is 0 Å². The average Bonchev–Trinajstić information content (AvgIpc) is 1.98. The maximum absolute atomic E-state index is 4.20. The van der Waals surface area contributed by atoms with Crippen LogP contribution in [-0.4, -0.2) is 5.75 Å². The number of rotatable bonds is 2. The minimum atomic E-state index is 0.914. The van der Waals surface area contributed by atoms with Crippen LogP contribution in [-0.2, 0) is 6.42 Å². The van der Waals surface area contributed by atoms with Crippen LogP contribution in [0.1, 0.15) is 11.1 Å².